The van der Waals surface area contributed by atoms with E-state index in [2.05, 4.69) is 24.3 Å². The van der Waals surface area contributed by atoms with Gasteiger partial charge in [0.15, 0.2) is 0 Å². The van der Waals surface area contributed by atoms with Gasteiger partial charge in [0.1, 0.15) is 8.80 Å². The lowest BCUT2D eigenvalue weighted by Gasteiger charge is -2.22. The number of hydrogen-bond donors (Lipinski definition) is 0. The van der Waals surface area contributed by atoms with E-state index in [1.807, 2.05) is 36.4 Å². The van der Waals surface area contributed by atoms with Crippen molar-refractivity contribution in [3.8, 4) is 0 Å². The van der Waals surface area contributed by atoms with Gasteiger partial charge in [-0.25, -0.2) is 0 Å². The zero-order valence-electron chi connectivity index (χ0n) is 12.2. The first kappa shape index (κ1) is 18.1. The van der Waals surface area contributed by atoms with Crippen LogP contribution >= 0.6 is 58.0 Å². The van der Waals surface area contributed by atoms with Gasteiger partial charge in [0.2, 0.25) is 0 Å². The van der Waals surface area contributed by atoms with E-state index < -0.39 is 8.80 Å². The molecule has 0 spiro atoms. The van der Waals surface area contributed by atoms with Crippen molar-refractivity contribution in [1.29, 1.82) is 0 Å². The molecule has 0 heterocycles. The first-order chi connectivity index (χ1) is 11.5. The highest BCUT2D eigenvalue weighted by molar-refractivity contribution is 6.98. The average Bonchev–Trinajstić information content (AvgIpc) is 2.63. The fourth-order valence-corrected chi connectivity index (χ4v) is 7.74. The molecule has 0 unspecified atom stereocenters. The molecule has 0 radical (unpaired) electrons. The molecule has 6 heteroatoms. The monoisotopic (exact) mass is 430 g/mol. The van der Waals surface area contributed by atoms with E-state index in [0.29, 0.717) is 10.0 Å². The molecule has 24 heavy (non-hydrogen) atoms. The van der Waals surface area contributed by atoms with Gasteiger partial charge in [-0.15, -0.1) is 0 Å². The number of halogens is 5. The van der Waals surface area contributed by atoms with Crippen molar-refractivity contribution in [1.82, 2.24) is 0 Å². The molecule has 0 nitrogen and oxygen atoms in total. The number of hydrogen-bond acceptors (Lipinski definition) is 0. The summed E-state index contributed by atoms with van der Waals surface area (Å²) < 4.78 is 0. The summed E-state index contributed by atoms with van der Waals surface area (Å²) in [4.78, 5) is 0. The predicted molar refractivity (Wildman–Crippen MR) is 110 cm³/mol. The first-order valence-corrected chi connectivity index (χ1v) is 10.8. The minimum atomic E-state index is -1.96. The SMILES string of the molecule is Clc1c(Cl)c(Cl)c([SiH](c2ccccc2)c2ccccc2)c(Cl)c1Cl. The molecule has 0 saturated heterocycles. The van der Waals surface area contributed by atoms with E-state index in [1.54, 1.807) is 0 Å². The lowest BCUT2D eigenvalue weighted by molar-refractivity contribution is 1.70. The van der Waals surface area contributed by atoms with Crippen LogP contribution in [-0.2, 0) is 0 Å². The van der Waals surface area contributed by atoms with Crippen molar-refractivity contribution in [2.45, 2.75) is 0 Å². The molecule has 0 fully saturated rings. The van der Waals surface area contributed by atoms with E-state index in [-0.39, 0.29) is 15.1 Å². The van der Waals surface area contributed by atoms with Crippen LogP contribution in [0.25, 0.3) is 0 Å². The van der Waals surface area contributed by atoms with Gasteiger partial charge in [0, 0.05) is 0 Å². The van der Waals surface area contributed by atoms with Gasteiger partial charge >= 0.3 is 0 Å². The van der Waals surface area contributed by atoms with Crippen molar-refractivity contribution in [3.63, 3.8) is 0 Å². The van der Waals surface area contributed by atoms with E-state index in [9.17, 15) is 0 Å². The van der Waals surface area contributed by atoms with E-state index in [0.717, 1.165) is 5.19 Å². The third kappa shape index (κ3) is 3.34. The van der Waals surface area contributed by atoms with Crippen LogP contribution in [0.1, 0.15) is 0 Å². The van der Waals surface area contributed by atoms with Crippen molar-refractivity contribution in [2.24, 2.45) is 0 Å². The molecular formula is C18H11Cl5Si. The van der Waals surface area contributed by atoms with Crippen molar-refractivity contribution >= 4 is 82.4 Å². The topological polar surface area (TPSA) is 0 Å². The van der Waals surface area contributed by atoms with Gasteiger partial charge in [0.25, 0.3) is 0 Å². The molecule has 3 aromatic carbocycles. The van der Waals surface area contributed by atoms with Crippen molar-refractivity contribution in [3.05, 3.63) is 85.8 Å². The zero-order chi connectivity index (χ0) is 17.3. The largest absolute Gasteiger partial charge is 0.136 e. The molecule has 0 amide bonds. The summed E-state index contributed by atoms with van der Waals surface area (Å²) in [5, 5.41) is 4.55. The molecule has 0 aliphatic heterocycles. The van der Waals surface area contributed by atoms with Crippen LogP contribution in [0.3, 0.4) is 0 Å². The first-order valence-electron chi connectivity index (χ1n) is 7.13. The highest BCUT2D eigenvalue weighted by atomic mass is 35.5. The van der Waals surface area contributed by atoms with Gasteiger partial charge in [-0.2, -0.15) is 0 Å². The summed E-state index contributed by atoms with van der Waals surface area (Å²) in [6.07, 6.45) is 0. The minimum absolute atomic E-state index is 0.186. The summed E-state index contributed by atoms with van der Waals surface area (Å²) in [5.74, 6) is 0. The zero-order valence-corrected chi connectivity index (χ0v) is 17.2. The third-order valence-corrected chi connectivity index (χ3v) is 9.73. The quantitative estimate of drug-likeness (QED) is 0.231. The summed E-state index contributed by atoms with van der Waals surface area (Å²) in [7, 11) is -1.96. The molecule has 0 aromatic heterocycles. The Morgan fingerprint density at radius 3 is 1.17 bits per heavy atom. The average molecular weight is 433 g/mol. The van der Waals surface area contributed by atoms with Crippen LogP contribution in [-0.4, -0.2) is 8.80 Å². The summed E-state index contributed by atoms with van der Waals surface area (Å²) in [6.45, 7) is 0. The minimum Gasteiger partial charge on any atom is -0.0827 e. The van der Waals surface area contributed by atoms with Crippen LogP contribution in [0.4, 0.5) is 0 Å². The molecular weight excluding hydrogens is 422 g/mol. The molecule has 0 N–H and O–H groups in total. The van der Waals surface area contributed by atoms with E-state index in [4.69, 9.17) is 58.0 Å². The summed E-state index contributed by atoms with van der Waals surface area (Å²) in [5.41, 5.74) is 0. The summed E-state index contributed by atoms with van der Waals surface area (Å²) in [6, 6.07) is 20.3. The predicted octanol–water partition coefficient (Wildman–Crippen LogP) is 5.20. The van der Waals surface area contributed by atoms with Gasteiger partial charge < -0.3 is 0 Å². The molecule has 122 valence electrons. The third-order valence-electron chi connectivity index (χ3n) is 3.80. The Morgan fingerprint density at radius 2 is 0.792 bits per heavy atom. The lowest BCUT2D eigenvalue weighted by Crippen LogP contribution is -2.53. The number of benzene rings is 3. The van der Waals surface area contributed by atoms with Crippen molar-refractivity contribution < 1.29 is 0 Å². The van der Waals surface area contributed by atoms with Crippen LogP contribution in [0.2, 0.25) is 25.1 Å². The van der Waals surface area contributed by atoms with Crippen LogP contribution in [0.5, 0.6) is 0 Å². The second-order valence-corrected chi connectivity index (χ2v) is 9.90. The normalized spacial score (nSPS) is 11.1. The Morgan fingerprint density at radius 1 is 0.458 bits per heavy atom. The van der Waals surface area contributed by atoms with E-state index in [1.165, 1.54) is 10.4 Å². The maximum atomic E-state index is 6.55. The Bertz CT molecular complexity index is 797. The Labute approximate surface area is 167 Å². The van der Waals surface area contributed by atoms with Gasteiger partial charge in [-0.3, -0.25) is 0 Å². The summed E-state index contributed by atoms with van der Waals surface area (Å²) >= 11 is 31.8. The second-order valence-electron chi connectivity index (χ2n) is 5.24. The number of rotatable bonds is 3. The fraction of sp³-hybridized carbons (Fsp3) is 0. The Balaban J connectivity index is 2.33. The smallest absolute Gasteiger partial charge is 0.0827 e. The second kappa shape index (κ2) is 7.70. The molecule has 0 bridgehead atoms. The van der Waals surface area contributed by atoms with Crippen LogP contribution < -0.4 is 15.6 Å². The molecule has 0 saturated carbocycles. The van der Waals surface area contributed by atoms with Gasteiger partial charge in [-0.05, 0) is 5.19 Å². The molecule has 0 atom stereocenters. The molecule has 0 aliphatic rings. The molecule has 3 aromatic rings. The van der Waals surface area contributed by atoms with E-state index >= 15 is 0 Å². The van der Waals surface area contributed by atoms with Gasteiger partial charge in [-0.1, -0.05) is 129 Å². The standard InChI is InChI=1S/C18H11Cl5Si/c19-13-14(20)16(22)18(17(23)15(13)21)24(11-7-3-1-4-8-11)12-9-5-2-6-10-12/h1-10,24H. The Hall–Kier alpha value is -0.673. The highest BCUT2D eigenvalue weighted by Crippen LogP contribution is 2.39. The molecule has 0 aliphatic carbocycles. The fourth-order valence-electron chi connectivity index (χ4n) is 2.69. The van der Waals surface area contributed by atoms with Gasteiger partial charge in [0.05, 0.1) is 25.1 Å². The molecule has 3 rings (SSSR count). The van der Waals surface area contributed by atoms with Crippen molar-refractivity contribution in [2.75, 3.05) is 0 Å². The van der Waals surface area contributed by atoms with Crippen LogP contribution in [0.15, 0.2) is 60.7 Å². The highest BCUT2D eigenvalue weighted by Gasteiger charge is 2.28. The Kier molecular flexibility index (Phi) is 5.81. The lowest BCUT2D eigenvalue weighted by atomic mass is 10.3. The van der Waals surface area contributed by atoms with Crippen LogP contribution in [0, 0.1) is 0 Å². The maximum absolute atomic E-state index is 6.55. The maximum Gasteiger partial charge on any atom is 0.136 e.